The maximum atomic E-state index is 5.88. The molecule has 0 saturated carbocycles. The van der Waals surface area contributed by atoms with E-state index in [-0.39, 0.29) is 0 Å². The Labute approximate surface area is 246 Å². The Bertz CT molecular complexity index is 389. The van der Waals surface area contributed by atoms with Gasteiger partial charge in [0.25, 0.3) is 0 Å². The summed E-state index contributed by atoms with van der Waals surface area (Å²) in [6.07, 6.45) is 35.6. The summed E-state index contributed by atoms with van der Waals surface area (Å²) in [5.74, 6) is 1.87. The molecule has 0 aromatic carbocycles. The van der Waals surface area contributed by atoms with Crippen LogP contribution in [0.15, 0.2) is 0 Å². The SMILES string of the molecule is CCCCCCCCCCCCCCN(CCCCCCCCCCCCCC)SCCOCCC(C)C. The van der Waals surface area contributed by atoms with E-state index in [1.807, 2.05) is 0 Å². The van der Waals surface area contributed by atoms with Crippen molar-refractivity contribution in [3.05, 3.63) is 0 Å². The highest BCUT2D eigenvalue weighted by molar-refractivity contribution is 7.97. The van der Waals surface area contributed by atoms with Gasteiger partial charge in [0.2, 0.25) is 0 Å². The first-order valence-electron chi connectivity index (χ1n) is 17.7. The lowest BCUT2D eigenvalue weighted by Gasteiger charge is -2.21. The van der Waals surface area contributed by atoms with Gasteiger partial charge in [-0.15, -0.1) is 0 Å². The molecule has 0 bridgehead atoms. The lowest BCUT2D eigenvalue weighted by atomic mass is 10.1. The van der Waals surface area contributed by atoms with Crippen LogP contribution in [0.5, 0.6) is 0 Å². The first-order chi connectivity index (χ1) is 18.7. The lowest BCUT2D eigenvalue weighted by molar-refractivity contribution is 0.138. The van der Waals surface area contributed by atoms with Crippen LogP contribution in [-0.2, 0) is 4.74 Å². The van der Waals surface area contributed by atoms with Gasteiger partial charge in [0, 0.05) is 25.4 Å². The number of hydrogen-bond acceptors (Lipinski definition) is 3. The van der Waals surface area contributed by atoms with Crippen LogP contribution < -0.4 is 0 Å². The summed E-state index contributed by atoms with van der Waals surface area (Å²) in [6, 6.07) is 0. The molecular weight excluding hydrogens is 482 g/mol. The van der Waals surface area contributed by atoms with Gasteiger partial charge in [-0.3, -0.25) is 4.31 Å². The van der Waals surface area contributed by atoms with Gasteiger partial charge in [0.05, 0.1) is 6.61 Å². The molecular formula is C35H73NOS. The number of hydrogen-bond donors (Lipinski definition) is 0. The molecule has 0 amide bonds. The third kappa shape index (κ3) is 32.5. The average Bonchev–Trinajstić information content (AvgIpc) is 2.91. The normalized spacial score (nSPS) is 11.8. The minimum Gasteiger partial charge on any atom is -0.381 e. The highest BCUT2D eigenvalue weighted by Gasteiger charge is 2.06. The molecule has 0 unspecified atom stereocenters. The zero-order valence-electron chi connectivity index (χ0n) is 27.1. The van der Waals surface area contributed by atoms with Gasteiger partial charge in [-0.2, -0.15) is 0 Å². The highest BCUT2D eigenvalue weighted by Crippen LogP contribution is 2.17. The molecule has 0 aliphatic carbocycles. The van der Waals surface area contributed by atoms with E-state index in [1.54, 1.807) is 0 Å². The van der Waals surface area contributed by atoms with E-state index < -0.39 is 0 Å². The minimum absolute atomic E-state index is 0.746. The van der Waals surface area contributed by atoms with Crippen molar-refractivity contribution in [2.24, 2.45) is 5.92 Å². The second-order valence-corrected chi connectivity index (χ2v) is 13.5. The third-order valence-electron chi connectivity index (χ3n) is 7.86. The van der Waals surface area contributed by atoms with Crippen LogP contribution >= 0.6 is 11.9 Å². The van der Waals surface area contributed by atoms with Crippen LogP contribution in [0.1, 0.15) is 188 Å². The van der Waals surface area contributed by atoms with Crippen molar-refractivity contribution < 1.29 is 4.74 Å². The second kappa shape index (κ2) is 33.5. The Balaban J connectivity index is 3.82. The smallest absolute Gasteiger partial charge is 0.0569 e. The van der Waals surface area contributed by atoms with Gasteiger partial charge in [0.1, 0.15) is 0 Å². The van der Waals surface area contributed by atoms with Crippen LogP contribution in [0.3, 0.4) is 0 Å². The molecule has 2 nitrogen and oxygen atoms in total. The summed E-state index contributed by atoms with van der Waals surface area (Å²) >= 11 is 2.05. The van der Waals surface area contributed by atoms with Crippen LogP contribution in [0, 0.1) is 5.92 Å². The summed E-state index contributed by atoms with van der Waals surface area (Å²) in [5, 5.41) is 0. The third-order valence-corrected chi connectivity index (χ3v) is 8.94. The molecule has 0 aromatic rings. The Kier molecular flexibility index (Phi) is 33.7. The Hall–Kier alpha value is 0.270. The van der Waals surface area contributed by atoms with Crippen molar-refractivity contribution >= 4 is 11.9 Å². The Morgan fingerprint density at radius 3 is 1.16 bits per heavy atom. The molecule has 0 rings (SSSR count). The molecule has 0 saturated heterocycles. The summed E-state index contributed by atoms with van der Waals surface area (Å²) in [4.78, 5) is 0. The monoisotopic (exact) mass is 556 g/mol. The van der Waals surface area contributed by atoms with Crippen LogP contribution in [0.25, 0.3) is 0 Å². The molecule has 0 radical (unpaired) electrons. The number of unbranched alkanes of at least 4 members (excludes halogenated alkanes) is 22. The lowest BCUT2D eigenvalue weighted by Crippen LogP contribution is -2.20. The number of nitrogens with zero attached hydrogens (tertiary/aromatic N) is 1. The molecule has 0 aliphatic heterocycles. The topological polar surface area (TPSA) is 12.5 Å². The maximum absolute atomic E-state index is 5.88. The summed E-state index contributed by atoms with van der Waals surface area (Å²) in [7, 11) is 0. The Morgan fingerprint density at radius 2 is 0.816 bits per heavy atom. The van der Waals surface area contributed by atoms with Crippen molar-refractivity contribution in [2.45, 2.75) is 188 Å². The van der Waals surface area contributed by atoms with Gasteiger partial charge >= 0.3 is 0 Å². The highest BCUT2D eigenvalue weighted by atomic mass is 32.2. The van der Waals surface area contributed by atoms with Crippen molar-refractivity contribution in [3.8, 4) is 0 Å². The fourth-order valence-corrected chi connectivity index (χ4v) is 6.11. The van der Waals surface area contributed by atoms with Crippen molar-refractivity contribution in [2.75, 3.05) is 32.1 Å². The van der Waals surface area contributed by atoms with E-state index in [0.717, 1.165) is 24.9 Å². The predicted molar refractivity (Wildman–Crippen MR) is 176 cm³/mol. The largest absolute Gasteiger partial charge is 0.381 e. The Morgan fingerprint density at radius 1 is 0.474 bits per heavy atom. The van der Waals surface area contributed by atoms with Gasteiger partial charge in [-0.25, -0.2) is 0 Å². The van der Waals surface area contributed by atoms with Crippen LogP contribution in [-0.4, -0.2) is 36.4 Å². The summed E-state index contributed by atoms with van der Waals surface area (Å²) < 4.78 is 8.56. The van der Waals surface area contributed by atoms with E-state index in [0.29, 0.717) is 0 Å². The molecule has 0 spiro atoms. The average molecular weight is 556 g/mol. The van der Waals surface area contributed by atoms with Crippen molar-refractivity contribution in [3.63, 3.8) is 0 Å². The molecule has 0 fully saturated rings. The first-order valence-corrected chi connectivity index (χ1v) is 18.6. The molecule has 0 heterocycles. The molecule has 38 heavy (non-hydrogen) atoms. The minimum atomic E-state index is 0.746. The maximum Gasteiger partial charge on any atom is 0.0569 e. The first kappa shape index (κ1) is 38.3. The summed E-state index contributed by atoms with van der Waals surface area (Å²) in [5.41, 5.74) is 0. The van der Waals surface area contributed by atoms with Crippen LogP contribution in [0.2, 0.25) is 0 Å². The van der Waals surface area contributed by atoms with Gasteiger partial charge in [-0.05, 0) is 25.2 Å². The molecule has 0 atom stereocenters. The van der Waals surface area contributed by atoms with Gasteiger partial charge in [-0.1, -0.05) is 181 Å². The van der Waals surface area contributed by atoms with E-state index in [2.05, 4.69) is 43.9 Å². The van der Waals surface area contributed by atoms with E-state index in [9.17, 15) is 0 Å². The van der Waals surface area contributed by atoms with Crippen molar-refractivity contribution in [1.29, 1.82) is 0 Å². The zero-order chi connectivity index (χ0) is 27.8. The van der Waals surface area contributed by atoms with Gasteiger partial charge < -0.3 is 4.74 Å². The molecule has 0 aliphatic rings. The summed E-state index contributed by atoms with van der Waals surface area (Å²) in [6.45, 7) is 13.5. The fraction of sp³-hybridized carbons (Fsp3) is 1.00. The second-order valence-electron chi connectivity index (χ2n) is 12.3. The van der Waals surface area contributed by atoms with E-state index >= 15 is 0 Å². The molecule has 3 heteroatoms. The molecule has 0 aromatic heterocycles. The van der Waals surface area contributed by atoms with Crippen LogP contribution in [0.4, 0.5) is 0 Å². The van der Waals surface area contributed by atoms with E-state index in [4.69, 9.17) is 4.74 Å². The fourth-order valence-electron chi connectivity index (χ4n) is 5.15. The number of ether oxygens (including phenoxy) is 1. The van der Waals surface area contributed by atoms with Crippen molar-refractivity contribution in [1.82, 2.24) is 4.31 Å². The van der Waals surface area contributed by atoms with E-state index in [1.165, 1.54) is 174 Å². The zero-order valence-corrected chi connectivity index (χ0v) is 27.9. The molecule has 230 valence electrons. The standard InChI is InChI=1S/C35H73NOS/c1-5-7-9-11-13-15-17-19-21-23-25-27-30-36(38-34-33-37-32-29-35(3)4)31-28-26-24-22-20-18-16-14-12-10-8-6-2/h35H,5-34H2,1-4H3. The predicted octanol–water partition coefficient (Wildman–Crippen LogP) is 12.4. The number of rotatable bonds is 33. The van der Waals surface area contributed by atoms with Gasteiger partial charge in [0.15, 0.2) is 0 Å². The molecule has 0 N–H and O–H groups in total. The quantitative estimate of drug-likeness (QED) is 0.0590.